The van der Waals surface area contributed by atoms with Gasteiger partial charge < -0.3 is 39.5 Å². The van der Waals surface area contributed by atoms with Crippen LogP contribution >= 0.6 is 0 Å². The molecule has 316 valence electrons. The van der Waals surface area contributed by atoms with E-state index < -0.39 is 62.3 Å². The molecule has 2 amide bonds. The number of carbonyl (C=O) groups excluding carboxylic acids is 4. The molecule has 0 fully saturated rings. The van der Waals surface area contributed by atoms with Crippen LogP contribution in [0.3, 0.4) is 0 Å². The zero-order chi connectivity index (χ0) is 43.3. The van der Waals surface area contributed by atoms with Gasteiger partial charge in [-0.15, -0.1) is 0 Å². The second-order valence-corrected chi connectivity index (χ2v) is 15.6. The number of hydrogen-bond donors (Lipinski definition) is 2. The molecule has 0 spiro atoms. The third kappa shape index (κ3) is 13.6. The molecular formula is C40H47F2N7O9S. The summed E-state index contributed by atoms with van der Waals surface area (Å²) in [7, 11) is 2.04. The summed E-state index contributed by atoms with van der Waals surface area (Å²) >= 11 is 0. The van der Waals surface area contributed by atoms with E-state index in [-0.39, 0.29) is 49.0 Å². The number of esters is 2. The molecule has 0 aliphatic carbocycles. The van der Waals surface area contributed by atoms with Gasteiger partial charge in [-0.05, 0) is 67.8 Å². The number of carbonyl (C=O) groups is 4. The molecule has 1 aromatic heterocycles. The van der Waals surface area contributed by atoms with Gasteiger partial charge in [-0.25, -0.2) is 36.6 Å². The highest BCUT2D eigenvalue weighted by Gasteiger charge is 2.26. The molecule has 0 bridgehead atoms. The predicted molar refractivity (Wildman–Crippen MR) is 215 cm³/mol. The van der Waals surface area contributed by atoms with Crippen molar-refractivity contribution < 1.29 is 50.6 Å². The van der Waals surface area contributed by atoms with Crippen LogP contribution in [-0.4, -0.2) is 112 Å². The van der Waals surface area contributed by atoms with Crippen LogP contribution in [0.15, 0.2) is 77.8 Å². The molecule has 4 aromatic rings. The molecule has 0 radical (unpaired) electrons. The van der Waals surface area contributed by atoms with E-state index in [9.17, 15) is 36.4 Å². The SMILES string of the molecule is CCN(CC)c1ncc(NCCS(=O)(=O)c2cc(F)cc(F)c2)c(NC(Cc2ccc(OC(=O)N(C)C)cc2)C(=O)OC(=O)CCc2ccc(OC(=O)N(C)C)cc2)n1. The largest absolute Gasteiger partial charge is 0.414 e. The molecule has 1 atom stereocenters. The van der Waals surface area contributed by atoms with Crippen LogP contribution in [-0.2, 0) is 37.0 Å². The molecule has 4 rings (SSSR count). The van der Waals surface area contributed by atoms with Gasteiger partial charge >= 0.3 is 24.1 Å². The number of aromatic nitrogens is 2. The van der Waals surface area contributed by atoms with Crippen molar-refractivity contribution in [3.05, 3.63) is 95.7 Å². The number of ether oxygens (including phenoxy) is 3. The topological polar surface area (TPSA) is 190 Å². The summed E-state index contributed by atoms with van der Waals surface area (Å²) in [6.07, 6.45) is 0.241. The number of rotatable bonds is 18. The van der Waals surface area contributed by atoms with E-state index >= 15 is 0 Å². The van der Waals surface area contributed by atoms with Crippen molar-refractivity contribution in [3.8, 4) is 11.5 Å². The minimum absolute atomic E-state index is 0.0509. The van der Waals surface area contributed by atoms with E-state index in [2.05, 4.69) is 20.6 Å². The lowest BCUT2D eigenvalue weighted by molar-refractivity contribution is -0.160. The van der Waals surface area contributed by atoms with Gasteiger partial charge in [-0.1, -0.05) is 24.3 Å². The second-order valence-electron chi connectivity index (χ2n) is 13.5. The highest BCUT2D eigenvalue weighted by Crippen LogP contribution is 2.25. The summed E-state index contributed by atoms with van der Waals surface area (Å²) in [4.78, 5) is 63.7. The van der Waals surface area contributed by atoms with Crippen molar-refractivity contribution in [3.63, 3.8) is 0 Å². The van der Waals surface area contributed by atoms with Gasteiger partial charge in [-0.3, -0.25) is 4.79 Å². The minimum Gasteiger partial charge on any atom is -0.410 e. The standard InChI is InChI=1S/C40H47F2N7O9S/c1-7-49(8-2)38-44-25-34(43-19-20-59(54,55)32-23-28(41)22-29(42)24-32)36(46-38)45-33(21-27-11-16-31(17-12-27)57-40(53)48(5)6)37(51)58-35(50)18-13-26-9-14-30(15-10-26)56-39(52)47(3)4/h9-12,14-17,22-25,33,43H,7-8,13,18-21H2,1-6H3,(H,44,45,46). The Morgan fingerprint density at radius 1 is 0.797 bits per heavy atom. The number of nitrogens with one attached hydrogen (secondary N) is 2. The van der Waals surface area contributed by atoms with Gasteiger partial charge in [-0.2, -0.15) is 4.98 Å². The Balaban J connectivity index is 1.57. The molecule has 19 heteroatoms. The molecule has 0 aliphatic rings. The van der Waals surface area contributed by atoms with Crippen LogP contribution in [0, 0.1) is 11.6 Å². The second kappa shape index (κ2) is 20.9. The van der Waals surface area contributed by atoms with Gasteiger partial charge in [0.25, 0.3) is 0 Å². The fraction of sp³-hybridized carbons (Fsp3) is 0.350. The van der Waals surface area contributed by atoms with E-state index in [1.807, 2.05) is 18.7 Å². The lowest BCUT2D eigenvalue weighted by atomic mass is 10.1. The van der Waals surface area contributed by atoms with E-state index in [1.165, 1.54) is 42.2 Å². The first-order chi connectivity index (χ1) is 28.0. The molecule has 59 heavy (non-hydrogen) atoms. The van der Waals surface area contributed by atoms with E-state index in [1.54, 1.807) is 50.5 Å². The molecule has 0 aliphatic heterocycles. The molecule has 1 heterocycles. The average molecular weight is 840 g/mol. The zero-order valence-corrected chi connectivity index (χ0v) is 34.3. The lowest BCUT2D eigenvalue weighted by Crippen LogP contribution is -2.36. The molecule has 0 saturated carbocycles. The monoisotopic (exact) mass is 839 g/mol. The molecule has 1 unspecified atom stereocenters. The Kier molecular flexibility index (Phi) is 16.0. The Morgan fingerprint density at radius 3 is 1.86 bits per heavy atom. The van der Waals surface area contributed by atoms with Crippen LogP contribution in [0.25, 0.3) is 0 Å². The van der Waals surface area contributed by atoms with E-state index in [0.29, 0.717) is 36.0 Å². The van der Waals surface area contributed by atoms with Crippen LogP contribution in [0.4, 0.5) is 35.8 Å². The molecule has 16 nitrogen and oxygen atoms in total. The smallest absolute Gasteiger partial charge is 0.410 e. The van der Waals surface area contributed by atoms with Gasteiger partial charge in [0.15, 0.2) is 15.7 Å². The summed E-state index contributed by atoms with van der Waals surface area (Å²) in [6.45, 7) is 4.60. The summed E-state index contributed by atoms with van der Waals surface area (Å²) in [5.41, 5.74) is 1.47. The Morgan fingerprint density at radius 2 is 1.34 bits per heavy atom. The van der Waals surface area contributed by atoms with Crippen molar-refractivity contribution >= 4 is 51.4 Å². The maximum atomic E-state index is 13.8. The number of nitrogens with zero attached hydrogens (tertiary/aromatic N) is 5. The van der Waals surface area contributed by atoms with Crippen LogP contribution < -0.4 is 25.0 Å². The normalized spacial score (nSPS) is 11.5. The molecule has 0 saturated heterocycles. The third-order valence-electron chi connectivity index (χ3n) is 8.56. The zero-order valence-electron chi connectivity index (χ0n) is 33.5. The van der Waals surface area contributed by atoms with Crippen molar-refractivity contribution in [2.45, 2.75) is 44.0 Å². The van der Waals surface area contributed by atoms with Crippen LogP contribution in [0.1, 0.15) is 31.4 Å². The average Bonchev–Trinajstić information content (AvgIpc) is 3.18. The number of amides is 2. The molecular weight excluding hydrogens is 793 g/mol. The van der Waals surface area contributed by atoms with Crippen LogP contribution in [0.5, 0.6) is 11.5 Å². The first-order valence-corrected chi connectivity index (χ1v) is 20.1. The third-order valence-corrected chi connectivity index (χ3v) is 10.3. The van der Waals surface area contributed by atoms with E-state index in [4.69, 9.17) is 14.2 Å². The van der Waals surface area contributed by atoms with E-state index in [0.717, 1.165) is 12.1 Å². The minimum atomic E-state index is -4.14. The van der Waals surface area contributed by atoms with Gasteiger partial charge in [0.2, 0.25) is 5.95 Å². The van der Waals surface area contributed by atoms with Gasteiger partial charge in [0.05, 0.1) is 29.0 Å². The van der Waals surface area contributed by atoms with Crippen LogP contribution in [0.2, 0.25) is 0 Å². The highest BCUT2D eigenvalue weighted by molar-refractivity contribution is 7.91. The Labute approximate surface area is 341 Å². The van der Waals surface area contributed by atoms with Gasteiger partial charge in [0.1, 0.15) is 29.2 Å². The number of hydrogen-bond acceptors (Lipinski definition) is 14. The highest BCUT2D eigenvalue weighted by atomic mass is 32.2. The molecule has 2 N–H and O–H groups in total. The first-order valence-electron chi connectivity index (χ1n) is 18.5. The van der Waals surface area contributed by atoms with Gasteiger partial charge in [0, 0.05) is 60.3 Å². The fourth-order valence-corrected chi connectivity index (χ4v) is 6.48. The molecule has 3 aromatic carbocycles. The summed E-state index contributed by atoms with van der Waals surface area (Å²) in [5, 5.41) is 5.99. The Bertz CT molecular complexity index is 2180. The number of anilines is 3. The Hall–Kier alpha value is -6.37. The maximum Gasteiger partial charge on any atom is 0.414 e. The predicted octanol–water partition coefficient (Wildman–Crippen LogP) is 5.33. The summed E-state index contributed by atoms with van der Waals surface area (Å²) in [6, 6.07) is 13.6. The summed E-state index contributed by atoms with van der Waals surface area (Å²) < 4.78 is 69.5. The van der Waals surface area contributed by atoms with Crippen molar-refractivity contribution in [1.29, 1.82) is 0 Å². The fourth-order valence-electron chi connectivity index (χ4n) is 5.29. The summed E-state index contributed by atoms with van der Waals surface area (Å²) in [5.74, 6) is -3.50. The number of sulfone groups is 1. The number of aryl methyl sites for hydroxylation is 1. The van der Waals surface area contributed by atoms with Crippen molar-refractivity contribution in [2.75, 3.05) is 69.1 Å². The number of benzene rings is 3. The maximum absolute atomic E-state index is 13.8. The quantitative estimate of drug-likeness (QED) is 0.0966. The lowest BCUT2D eigenvalue weighted by Gasteiger charge is -2.23. The van der Waals surface area contributed by atoms with Crippen molar-refractivity contribution in [2.24, 2.45) is 0 Å². The first kappa shape index (κ1) is 45.3. The van der Waals surface area contributed by atoms with Crippen molar-refractivity contribution in [1.82, 2.24) is 19.8 Å². The number of halogens is 2.